The SMILES string of the molecule is O=C(NCc1ccc(Cl)cc1Cl)c1ccnc(C(=O)NCc2ccc(Cl)cc2Cl)c1. The number of nitrogens with zero attached hydrogens (tertiary/aromatic N) is 1. The lowest BCUT2D eigenvalue weighted by atomic mass is 10.2. The van der Waals surface area contributed by atoms with Gasteiger partial charge in [0.05, 0.1) is 0 Å². The summed E-state index contributed by atoms with van der Waals surface area (Å²) >= 11 is 24.0. The van der Waals surface area contributed by atoms with Gasteiger partial charge in [0.25, 0.3) is 11.8 Å². The highest BCUT2D eigenvalue weighted by Crippen LogP contribution is 2.22. The number of hydrogen-bond acceptors (Lipinski definition) is 3. The third-order valence-electron chi connectivity index (χ3n) is 4.16. The van der Waals surface area contributed by atoms with Crippen molar-refractivity contribution in [3.8, 4) is 0 Å². The highest BCUT2D eigenvalue weighted by Gasteiger charge is 2.13. The van der Waals surface area contributed by atoms with Crippen LogP contribution in [0.3, 0.4) is 0 Å². The third-order valence-corrected chi connectivity index (χ3v) is 5.34. The van der Waals surface area contributed by atoms with Crippen LogP contribution in [0.15, 0.2) is 54.7 Å². The van der Waals surface area contributed by atoms with E-state index in [2.05, 4.69) is 15.6 Å². The highest BCUT2D eigenvalue weighted by atomic mass is 35.5. The molecule has 0 fully saturated rings. The number of benzene rings is 2. The molecule has 1 aromatic heterocycles. The average Bonchev–Trinajstić information content (AvgIpc) is 2.72. The Morgan fingerprint density at radius 1 is 0.733 bits per heavy atom. The van der Waals surface area contributed by atoms with Crippen LogP contribution >= 0.6 is 46.4 Å². The zero-order valence-corrected chi connectivity index (χ0v) is 18.4. The molecule has 9 heteroatoms. The van der Waals surface area contributed by atoms with Crippen molar-refractivity contribution in [2.45, 2.75) is 13.1 Å². The minimum Gasteiger partial charge on any atom is -0.348 e. The van der Waals surface area contributed by atoms with E-state index in [1.165, 1.54) is 18.3 Å². The van der Waals surface area contributed by atoms with Gasteiger partial charge in [0.15, 0.2) is 0 Å². The van der Waals surface area contributed by atoms with Crippen molar-refractivity contribution in [1.29, 1.82) is 0 Å². The Hall–Kier alpha value is -2.31. The molecule has 3 aromatic rings. The van der Waals surface area contributed by atoms with Crippen molar-refractivity contribution >= 4 is 58.2 Å². The van der Waals surface area contributed by atoms with Gasteiger partial charge in [-0.15, -0.1) is 0 Å². The fourth-order valence-electron chi connectivity index (χ4n) is 2.57. The maximum Gasteiger partial charge on any atom is 0.270 e. The first-order valence-electron chi connectivity index (χ1n) is 8.74. The van der Waals surface area contributed by atoms with Gasteiger partial charge in [0.1, 0.15) is 5.69 Å². The molecular formula is C21H15Cl4N3O2. The first-order chi connectivity index (χ1) is 14.3. The molecule has 0 radical (unpaired) electrons. The summed E-state index contributed by atoms with van der Waals surface area (Å²) in [5.74, 6) is -0.797. The van der Waals surface area contributed by atoms with Gasteiger partial charge >= 0.3 is 0 Å². The predicted molar refractivity (Wildman–Crippen MR) is 120 cm³/mol. The van der Waals surface area contributed by atoms with E-state index in [1.54, 1.807) is 36.4 Å². The molecule has 0 spiro atoms. The molecule has 0 aliphatic carbocycles. The number of hydrogen-bond donors (Lipinski definition) is 2. The van der Waals surface area contributed by atoms with Gasteiger partial charge in [-0.1, -0.05) is 58.5 Å². The highest BCUT2D eigenvalue weighted by molar-refractivity contribution is 6.35. The quantitative estimate of drug-likeness (QED) is 0.483. The Balaban J connectivity index is 1.62. The lowest BCUT2D eigenvalue weighted by Gasteiger charge is -2.09. The molecule has 0 bridgehead atoms. The van der Waals surface area contributed by atoms with E-state index in [1.807, 2.05) is 0 Å². The molecule has 2 amide bonds. The van der Waals surface area contributed by atoms with Crippen molar-refractivity contribution in [1.82, 2.24) is 15.6 Å². The smallest absolute Gasteiger partial charge is 0.270 e. The Labute approximate surface area is 193 Å². The van der Waals surface area contributed by atoms with Crippen molar-refractivity contribution < 1.29 is 9.59 Å². The van der Waals surface area contributed by atoms with Crippen molar-refractivity contribution in [3.05, 3.63) is 97.2 Å². The second kappa shape index (κ2) is 10.1. The largest absolute Gasteiger partial charge is 0.348 e. The van der Waals surface area contributed by atoms with Gasteiger partial charge in [-0.25, -0.2) is 0 Å². The number of carbonyl (C=O) groups excluding carboxylic acids is 2. The molecule has 0 aliphatic rings. The lowest BCUT2D eigenvalue weighted by Crippen LogP contribution is -2.26. The van der Waals surface area contributed by atoms with E-state index >= 15 is 0 Å². The van der Waals surface area contributed by atoms with Crippen molar-refractivity contribution in [2.24, 2.45) is 0 Å². The number of nitrogens with one attached hydrogen (secondary N) is 2. The second-order valence-electron chi connectivity index (χ2n) is 6.27. The molecule has 0 unspecified atom stereocenters. The van der Waals surface area contributed by atoms with Gasteiger partial charge < -0.3 is 10.6 Å². The normalized spacial score (nSPS) is 10.5. The molecule has 154 valence electrons. The summed E-state index contributed by atoms with van der Waals surface area (Å²) in [6, 6.07) is 13.0. The predicted octanol–water partition coefficient (Wildman–Crippen LogP) is 5.56. The molecule has 2 N–H and O–H groups in total. The molecule has 3 rings (SSSR count). The first kappa shape index (κ1) is 22.4. The van der Waals surface area contributed by atoms with Crippen molar-refractivity contribution in [3.63, 3.8) is 0 Å². The maximum absolute atomic E-state index is 12.5. The van der Waals surface area contributed by atoms with E-state index in [-0.39, 0.29) is 24.7 Å². The van der Waals surface area contributed by atoms with Gasteiger partial charge in [0, 0.05) is 44.9 Å². The summed E-state index contributed by atoms with van der Waals surface area (Å²) in [6.07, 6.45) is 1.40. The molecular weight excluding hydrogens is 468 g/mol. The zero-order valence-electron chi connectivity index (χ0n) is 15.4. The van der Waals surface area contributed by atoms with E-state index in [4.69, 9.17) is 46.4 Å². The lowest BCUT2D eigenvalue weighted by molar-refractivity contribution is 0.0946. The van der Waals surface area contributed by atoms with Crippen LogP contribution in [-0.4, -0.2) is 16.8 Å². The molecule has 0 saturated carbocycles. The molecule has 0 aliphatic heterocycles. The van der Waals surface area contributed by atoms with E-state index < -0.39 is 5.91 Å². The Bertz CT molecular complexity index is 1020. The second-order valence-corrected chi connectivity index (χ2v) is 7.95. The summed E-state index contributed by atoms with van der Waals surface area (Å²) in [4.78, 5) is 28.9. The standard InChI is InChI=1S/C21H15Cl4N3O2/c22-15-3-1-13(17(24)8-15)10-27-20(29)12-5-6-26-19(7-12)21(30)28-11-14-2-4-16(23)9-18(14)25/h1-9H,10-11H2,(H,27,29)(H,28,30). The fourth-order valence-corrected chi connectivity index (χ4v) is 3.52. The minimum absolute atomic E-state index is 0.109. The van der Waals surface area contributed by atoms with Gasteiger partial charge in [-0.2, -0.15) is 0 Å². The number of halogens is 4. The molecule has 0 atom stereocenters. The van der Waals surface area contributed by atoms with E-state index in [0.29, 0.717) is 31.2 Å². The molecule has 0 saturated heterocycles. The minimum atomic E-state index is -0.434. The van der Waals surface area contributed by atoms with Gasteiger partial charge in [-0.3, -0.25) is 14.6 Å². The van der Waals surface area contributed by atoms with Crippen molar-refractivity contribution in [2.75, 3.05) is 0 Å². The number of pyridine rings is 1. The van der Waals surface area contributed by atoms with Crippen LogP contribution in [0.2, 0.25) is 20.1 Å². The third kappa shape index (κ3) is 5.86. The first-order valence-corrected chi connectivity index (χ1v) is 10.2. The molecule has 1 heterocycles. The van der Waals surface area contributed by atoms with E-state index in [0.717, 1.165) is 5.56 Å². The van der Waals surface area contributed by atoms with Crippen LogP contribution in [-0.2, 0) is 13.1 Å². The summed E-state index contributed by atoms with van der Waals surface area (Å²) < 4.78 is 0. The summed E-state index contributed by atoms with van der Waals surface area (Å²) in [6.45, 7) is 0.412. The van der Waals surface area contributed by atoms with E-state index in [9.17, 15) is 9.59 Å². The van der Waals surface area contributed by atoms with Crippen LogP contribution in [0.1, 0.15) is 32.0 Å². The van der Waals surface area contributed by atoms with Crippen LogP contribution in [0, 0.1) is 0 Å². The summed E-state index contributed by atoms with van der Waals surface area (Å²) in [5, 5.41) is 7.41. The topological polar surface area (TPSA) is 71.1 Å². The fraction of sp³-hybridized carbons (Fsp3) is 0.0952. The van der Waals surface area contributed by atoms with Crippen LogP contribution in [0.5, 0.6) is 0 Å². The number of aromatic nitrogens is 1. The Kier molecular flexibility index (Phi) is 7.56. The molecule has 2 aromatic carbocycles. The van der Waals surface area contributed by atoms with Crippen LogP contribution in [0.4, 0.5) is 0 Å². The summed E-state index contributed by atoms with van der Waals surface area (Å²) in [7, 11) is 0. The maximum atomic E-state index is 12.5. The molecule has 30 heavy (non-hydrogen) atoms. The number of rotatable bonds is 6. The Morgan fingerprint density at radius 3 is 1.80 bits per heavy atom. The monoisotopic (exact) mass is 481 g/mol. The van der Waals surface area contributed by atoms with Crippen LogP contribution < -0.4 is 10.6 Å². The number of carbonyl (C=O) groups is 2. The number of amides is 2. The van der Waals surface area contributed by atoms with Crippen LogP contribution in [0.25, 0.3) is 0 Å². The average molecular weight is 483 g/mol. The summed E-state index contributed by atoms with van der Waals surface area (Å²) in [5.41, 5.74) is 1.84. The molecule has 5 nitrogen and oxygen atoms in total. The van der Waals surface area contributed by atoms with Gasteiger partial charge in [0.2, 0.25) is 0 Å². The Morgan fingerprint density at radius 2 is 1.27 bits per heavy atom. The van der Waals surface area contributed by atoms with Gasteiger partial charge in [-0.05, 0) is 47.5 Å². The zero-order chi connectivity index (χ0) is 21.7.